The molecule has 102 heavy (non-hydrogen) atoms. The van der Waals surface area contributed by atoms with E-state index in [4.69, 9.17) is 77.2 Å². The topological polar surface area (TPSA) is 486 Å². The molecule has 45 heteroatoms. The first-order valence-corrected chi connectivity index (χ1v) is 33.8. The van der Waals surface area contributed by atoms with Crippen LogP contribution in [0.15, 0.2) is 48.5 Å². The van der Waals surface area contributed by atoms with Gasteiger partial charge in [0.2, 0.25) is 24.3 Å². The molecule has 0 unspecified atom stereocenters. The maximum absolute atomic E-state index is 11.2. The van der Waals surface area contributed by atoms with Crippen molar-refractivity contribution in [2.75, 3.05) is 19.8 Å². The van der Waals surface area contributed by atoms with Crippen LogP contribution in [0.25, 0.3) is 0 Å². The van der Waals surface area contributed by atoms with Crippen molar-refractivity contribution in [1.82, 2.24) is 19.6 Å². The molecule has 1 radical (unpaired) electrons. The molecule has 10 atom stereocenters. The van der Waals surface area contributed by atoms with Crippen LogP contribution in [-0.2, 0) is 102 Å². The van der Waals surface area contributed by atoms with Crippen LogP contribution in [0.2, 0.25) is 0 Å². The number of alkyl halides is 9. The number of halogens is 9. The van der Waals surface area contributed by atoms with E-state index in [-0.39, 0.29) is 75.1 Å². The number of hydrogen-bond donors (Lipinski definition) is 11. The maximum Gasteiger partial charge on any atom is 0.522 e. The minimum Gasteiger partial charge on any atom is -0.491 e. The molecule has 2 aromatic carbocycles. The number of carbonyl (C=O) groups excluding carboxylic acids is 3. The molecule has 0 bridgehead atoms. The van der Waals surface area contributed by atoms with E-state index in [9.17, 15) is 89.6 Å². The molecule has 32 nitrogen and oxygen atoms in total. The zero-order chi connectivity index (χ0) is 79.0. The summed E-state index contributed by atoms with van der Waals surface area (Å²) in [4.78, 5) is 30.8. The van der Waals surface area contributed by atoms with Gasteiger partial charge in [0, 0.05) is 101 Å². The second-order valence-electron chi connectivity index (χ2n) is 22.2. The summed E-state index contributed by atoms with van der Waals surface area (Å²) in [6.45, 7) is 24.4. The summed E-state index contributed by atoms with van der Waals surface area (Å²) in [7, 11) is -17.5. The van der Waals surface area contributed by atoms with Crippen LogP contribution in [-0.4, -0.2) is 227 Å². The standard InChI is InChI=1S/C25H36N2O8.C23H34N2O7.C4H6O3.C2H6O.3CHF3O3S.Sc/c1-13(2)27-15(5)19(11-17-7-9-18(10-8-17)33-14(3)4)24(26-27)35-25-23(31)22(30)21(29)20(34-25)12-32-16(6)28;1-12(2)25-14(5)17(10-15-6-8-16(9-7-15)30-13(3)4)22(24-25)32-23-21(29)20(28)19(27)18(11-26)31-23;1-3(5)7-4(2)6;1-2-3;3*2-1(3,4)8(5,6)7;/h7-10,13-14,20-23,25,29-31H,11-12H2,1-6H3;6-9,12-13,18-21,23,26-29H,10-11H2,1-5H3;1-2H3;3H,2H2,1H3;3*(H,5,6,7);/t20-,21-,22+,23-,25+;18-,19-,20+,21-,23+;;;;;;/m11....../s1. The molecule has 2 aromatic heterocycles. The average molecular weight is 1590 g/mol. The van der Waals surface area contributed by atoms with Crippen LogP contribution in [0.3, 0.4) is 0 Å². The molecule has 4 heterocycles. The first-order chi connectivity index (χ1) is 45.9. The Kier molecular flexibility index (Phi) is 41.4. The minimum absolute atomic E-state index is 0. The van der Waals surface area contributed by atoms with Crippen molar-refractivity contribution < 1.29 is 197 Å². The fourth-order valence-corrected chi connectivity index (χ4v) is 7.92. The van der Waals surface area contributed by atoms with Crippen molar-refractivity contribution in [1.29, 1.82) is 0 Å². The van der Waals surface area contributed by atoms with E-state index in [1.807, 2.05) is 127 Å². The Morgan fingerprint density at radius 3 is 1.01 bits per heavy atom. The molecule has 585 valence electrons. The van der Waals surface area contributed by atoms with Gasteiger partial charge in [0.15, 0.2) is 0 Å². The Bertz CT molecular complexity index is 3430. The number of nitrogens with zero attached hydrogens (tertiary/aromatic N) is 4. The number of aliphatic hydroxyl groups excluding tert-OH is 8. The van der Waals surface area contributed by atoms with Crippen LogP contribution in [0.1, 0.15) is 129 Å². The summed E-state index contributed by atoms with van der Waals surface area (Å²) in [5.41, 5.74) is -11.2. The first-order valence-electron chi connectivity index (χ1n) is 29.4. The van der Waals surface area contributed by atoms with Crippen molar-refractivity contribution >= 4 is 48.3 Å². The van der Waals surface area contributed by atoms with Crippen molar-refractivity contribution in [2.24, 2.45) is 0 Å². The maximum atomic E-state index is 11.2. The molecule has 11 N–H and O–H groups in total. The third-order valence-electron chi connectivity index (χ3n) is 12.4. The van der Waals surface area contributed by atoms with Gasteiger partial charge >= 0.3 is 64.8 Å². The van der Waals surface area contributed by atoms with Gasteiger partial charge in [-0.3, -0.25) is 37.4 Å². The second kappa shape index (κ2) is 43.0. The fourth-order valence-electron chi connectivity index (χ4n) is 7.92. The Balaban J connectivity index is 0. The summed E-state index contributed by atoms with van der Waals surface area (Å²) in [5, 5.41) is 87.7. The van der Waals surface area contributed by atoms with Gasteiger partial charge in [-0.15, -0.1) is 10.2 Å². The van der Waals surface area contributed by atoms with E-state index in [0.29, 0.717) is 12.8 Å². The van der Waals surface area contributed by atoms with Crippen LogP contribution in [0.4, 0.5) is 39.5 Å². The van der Waals surface area contributed by atoms with Crippen molar-refractivity contribution in [3.8, 4) is 23.3 Å². The predicted molar refractivity (Wildman–Crippen MR) is 331 cm³/mol. The number of aromatic nitrogens is 4. The smallest absolute Gasteiger partial charge is 0.491 e. The molecule has 0 spiro atoms. The van der Waals surface area contributed by atoms with Crippen LogP contribution >= 0.6 is 0 Å². The Labute approximate surface area is 599 Å². The third kappa shape index (κ3) is 33.6. The van der Waals surface area contributed by atoms with Gasteiger partial charge in [-0.25, -0.2) is 0 Å². The van der Waals surface area contributed by atoms with E-state index >= 15 is 0 Å². The summed E-state index contributed by atoms with van der Waals surface area (Å²) in [6.07, 6.45) is -12.6. The number of benzene rings is 2. The van der Waals surface area contributed by atoms with Crippen molar-refractivity contribution in [3.05, 3.63) is 82.2 Å². The summed E-state index contributed by atoms with van der Waals surface area (Å²) in [6, 6.07) is 15.6. The number of esters is 3. The van der Waals surface area contributed by atoms with E-state index in [0.717, 1.165) is 45.1 Å². The molecule has 0 amide bonds. The number of hydrogen-bond acceptors (Lipinski definition) is 27. The third-order valence-corrected chi connectivity index (χ3v) is 14.1. The van der Waals surface area contributed by atoms with Gasteiger partial charge in [0.25, 0.3) is 0 Å². The number of carbonyl (C=O) groups is 3. The summed E-state index contributed by atoms with van der Waals surface area (Å²) < 4.78 is 220. The Morgan fingerprint density at radius 1 is 0.510 bits per heavy atom. The molecule has 4 aromatic rings. The largest absolute Gasteiger partial charge is 0.522 e. The van der Waals surface area contributed by atoms with Crippen LogP contribution in [0, 0.1) is 13.8 Å². The SMILES string of the molecule is CC(=O)OC(C)=O.CC(=O)OC[C@H]1O[C@@H](Oc2nn(C(C)C)c(C)c2Cc2ccc(OC(C)C)cc2)[C@H](O)[C@@H](O)[C@@H]1O.CCO.Cc1c(Cc2ccc(OC(C)C)cc2)c(O[C@@H]2O[C@H](CO)[C@@H](O)[C@H](O)[C@H]2O)nn1C(C)C.O=S(=O)(O)C(F)(F)F.O=S(=O)(O)C(F)(F)F.O=S(=O)(O)C(F)(F)F.[Sc]. The molecular weight excluding hydrogens is 1500 g/mol. The first kappa shape index (κ1) is 98.3. The van der Waals surface area contributed by atoms with Gasteiger partial charge in [0.1, 0.15) is 66.9 Å². The quantitative estimate of drug-likeness (QED) is 0.0228. The van der Waals surface area contributed by atoms with Crippen LogP contribution in [0.5, 0.6) is 23.3 Å². The van der Waals surface area contributed by atoms with Crippen molar-refractivity contribution in [3.63, 3.8) is 0 Å². The normalized spacial score (nSPS) is 20.6. The predicted octanol–water partition coefficient (Wildman–Crippen LogP) is 4.50. The van der Waals surface area contributed by atoms with Gasteiger partial charge in [-0.2, -0.15) is 64.8 Å². The fraction of sp³-hybridized carbons (Fsp3) is 0.632. The van der Waals surface area contributed by atoms with E-state index in [1.54, 1.807) is 6.92 Å². The molecule has 2 aliphatic heterocycles. The molecule has 2 aliphatic rings. The number of aliphatic hydroxyl groups is 8. The van der Waals surface area contributed by atoms with Gasteiger partial charge in [0.05, 0.1) is 18.8 Å². The molecule has 6 rings (SSSR count). The molecule has 2 fully saturated rings. The summed E-state index contributed by atoms with van der Waals surface area (Å²) >= 11 is 0. The van der Waals surface area contributed by atoms with Crippen LogP contribution < -0.4 is 18.9 Å². The molecular formula is C57H85F9N4O28S3Sc. The zero-order valence-corrected chi connectivity index (χ0v) is 61.3. The average Bonchev–Trinajstić information content (AvgIpc) is 1.60. The van der Waals surface area contributed by atoms with Gasteiger partial charge in [-0.05, 0) is 112 Å². The second-order valence-corrected chi connectivity index (χ2v) is 26.4. The van der Waals surface area contributed by atoms with Gasteiger partial charge in [-0.1, -0.05) is 24.3 Å². The van der Waals surface area contributed by atoms with Crippen molar-refractivity contribution in [2.45, 2.75) is 212 Å². The van der Waals surface area contributed by atoms with E-state index in [2.05, 4.69) is 14.9 Å². The van der Waals surface area contributed by atoms with Gasteiger partial charge < -0.3 is 78.7 Å². The summed E-state index contributed by atoms with van der Waals surface area (Å²) in [5.74, 6) is 0.397. The Morgan fingerprint density at radius 2 is 0.784 bits per heavy atom. The Hall–Kier alpha value is -5.76. The molecule has 0 aliphatic carbocycles. The number of rotatable bonds is 17. The molecule has 0 saturated carbocycles. The number of ether oxygens (including phenoxy) is 8. The monoisotopic (exact) mass is 1590 g/mol. The molecule has 2 saturated heterocycles. The van der Waals surface area contributed by atoms with E-state index < -0.39 is 133 Å². The zero-order valence-electron chi connectivity index (χ0n) is 57.1. The van der Waals surface area contributed by atoms with E-state index in [1.165, 1.54) is 20.8 Å². The minimum atomic E-state index is -5.84.